The van der Waals surface area contributed by atoms with Crippen molar-refractivity contribution in [1.29, 1.82) is 0 Å². The van der Waals surface area contributed by atoms with Gasteiger partial charge in [-0.2, -0.15) is 0 Å². The molecule has 0 saturated heterocycles. The Morgan fingerprint density at radius 2 is 1.60 bits per heavy atom. The third-order valence-corrected chi connectivity index (χ3v) is 5.81. The van der Waals surface area contributed by atoms with E-state index in [0.29, 0.717) is 5.92 Å². The molecule has 2 aromatic carbocycles. The number of hydrogen-bond acceptors (Lipinski definition) is 2. The topological polar surface area (TPSA) is 29.7 Å². The van der Waals surface area contributed by atoms with E-state index in [-0.39, 0.29) is 0 Å². The zero-order chi connectivity index (χ0) is 21.4. The summed E-state index contributed by atoms with van der Waals surface area (Å²) in [5.74, 6) is 1.47. The Kier molecular flexibility index (Phi) is 5.38. The van der Waals surface area contributed by atoms with E-state index in [1.807, 2.05) is 12.4 Å². The Hall–Kier alpha value is -3.07. The summed E-state index contributed by atoms with van der Waals surface area (Å²) in [6.07, 6.45) is 7.02. The first-order valence-corrected chi connectivity index (χ1v) is 10.6. The molecule has 4 aromatic rings. The molecule has 0 aliphatic heterocycles. The molecule has 0 amide bonds. The van der Waals surface area contributed by atoms with Crippen LogP contribution in [0.25, 0.3) is 33.2 Å². The molecule has 3 heteroatoms. The number of benzene rings is 2. The van der Waals surface area contributed by atoms with Crippen molar-refractivity contribution in [3.05, 3.63) is 77.5 Å². The van der Waals surface area contributed by atoms with E-state index in [9.17, 15) is 0 Å². The molecular formula is C27H30N3+. The van der Waals surface area contributed by atoms with Crippen LogP contribution in [0.1, 0.15) is 36.4 Å². The van der Waals surface area contributed by atoms with Gasteiger partial charge in [-0.25, -0.2) is 14.5 Å². The van der Waals surface area contributed by atoms with E-state index < -0.39 is 0 Å². The quantitative estimate of drug-likeness (QED) is 0.401. The first-order valence-electron chi connectivity index (χ1n) is 10.6. The van der Waals surface area contributed by atoms with Gasteiger partial charge < -0.3 is 0 Å². The lowest BCUT2D eigenvalue weighted by Crippen LogP contribution is -2.30. The maximum Gasteiger partial charge on any atom is 0.213 e. The van der Waals surface area contributed by atoms with Crippen molar-refractivity contribution in [3.63, 3.8) is 0 Å². The SMILES string of the molecule is Cc1cc(C)c(C)c(-c2cc3ccc(-c4cnc(CC(C)C)nc4)cc3c[n+]2C)c1. The lowest BCUT2D eigenvalue weighted by molar-refractivity contribution is -0.659. The van der Waals surface area contributed by atoms with Crippen LogP contribution in [0.4, 0.5) is 0 Å². The Bertz CT molecular complexity index is 1220. The fourth-order valence-corrected chi connectivity index (χ4v) is 4.07. The molecule has 0 bridgehead atoms. The van der Waals surface area contributed by atoms with Crippen LogP contribution >= 0.6 is 0 Å². The predicted octanol–water partition coefficient (Wildman–Crippen LogP) is 5.91. The van der Waals surface area contributed by atoms with Crippen LogP contribution in [0.15, 0.2) is 55.0 Å². The van der Waals surface area contributed by atoms with Crippen LogP contribution in [0.2, 0.25) is 0 Å². The third kappa shape index (κ3) is 3.97. The van der Waals surface area contributed by atoms with Gasteiger partial charge in [-0.3, -0.25) is 0 Å². The molecule has 0 aliphatic carbocycles. The number of rotatable bonds is 4. The van der Waals surface area contributed by atoms with Gasteiger partial charge in [-0.05, 0) is 60.9 Å². The second-order valence-corrected chi connectivity index (χ2v) is 8.85. The summed E-state index contributed by atoms with van der Waals surface area (Å²) in [7, 11) is 2.13. The van der Waals surface area contributed by atoms with Crippen molar-refractivity contribution in [2.75, 3.05) is 0 Å². The summed E-state index contributed by atoms with van der Waals surface area (Å²) in [4.78, 5) is 9.11. The number of fused-ring (bicyclic) bond motifs is 1. The van der Waals surface area contributed by atoms with Gasteiger partial charge in [0.1, 0.15) is 12.9 Å². The maximum atomic E-state index is 4.56. The first kappa shape index (κ1) is 20.2. The fourth-order valence-electron chi connectivity index (χ4n) is 4.07. The van der Waals surface area contributed by atoms with E-state index >= 15 is 0 Å². The van der Waals surface area contributed by atoms with Crippen molar-refractivity contribution in [1.82, 2.24) is 9.97 Å². The molecule has 4 rings (SSSR count). The van der Waals surface area contributed by atoms with E-state index in [0.717, 1.165) is 23.4 Å². The van der Waals surface area contributed by atoms with Crippen LogP contribution in [-0.2, 0) is 13.5 Å². The highest BCUT2D eigenvalue weighted by Crippen LogP contribution is 2.29. The van der Waals surface area contributed by atoms with Gasteiger partial charge in [0, 0.05) is 41.4 Å². The highest BCUT2D eigenvalue weighted by molar-refractivity contribution is 5.88. The lowest BCUT2D eigenvalue weighted by atomic mass is 9.96. The minimum atomic E-state index is 0.562. The molecule has 0 aliphatic rings. The molecule has 2 aromatic heterocycles. The summed E-state index contributed by atoms with van der Waals surface area (Å²) in [5.41, 5.74) is 8.71. The van der Waals surface area contributed by atoms with Gasteiger partial charge in [0.15, 0.2) is 6.20 Å². The van der Waals surface area contributed by atoms with Gasteiger partial charge in [0.05, 0.1) is 0 Å². The second kappa shape index (κ2) is 7.98. The minimum absolute atomic E-state index is 0.562. The average Bonchev–Trinajstić information content (AvgIpc) is 2.70. The number of nitrogens with zero attached hydrogens (tertiary/aromatic N) is 3. The first-order chi connectivity index (χ1) is 14.3. The summed E-state index contributed by atoms with van der Waals surface area (Å²) >= 11 is 0. The standard InChI is InChI=1S/C27H30N3/c1-17(2)9-27-28-14-24(15-29-27)21-7-8-22-13-26(30(6)16-23(22)12-21)25-11-18(3)10-19(4)20(25)5/h7-8,10-17H,9H2,1-6H3/q+1. The number of pyridine rings is 1. The molecular weight excluding hydrogens is 366 g/mol. The van der Waals surface area contributed by atoms with Gasteiger partial charge in [0.2, 0.25) is 5.69 Å². The molecule has 0 saturated carbocycles. The largest absolute Gasteiger partial charge is 0.241 e. The number of hydrogen-bond donors (Lipinski definition) is 0. The van der Waals surface area contributed by atoms with Crippen LogP contribution in [0.3, 0.4) is 0 Å². The predicted molar refractivity (Wildman–Crippen MR) is 124 cm³/mol. The van der Waals surface area contributed by atoms with Crippen LogP contribution < -0.4 is 4.57 Å². The highest BCUT2D eigenvalue weighted by atomic mass is 14.9. The van der Waals surface area contributed by atoms with Crippen molar-refractivity contribution < 1.29 is 4.57 Å². The molecule has 2 heterocycles. The zero-order valence-electron chi connectivity index (χ0n) is 18.8. The number of aryl methyl sites for hydroxylation is 3. The van der Waals surface area contributed by atoms with Crippen molar-refractivity contribution >= 4 is 10.8 Å². The van der Waals surface area contributed by atoms with E-state index in [1.54, 1.807) is 0 Å². The zero-order valence-corrected chi connectivity index (χ0v) is 18.8. The minimum Gasteiger partial charge on any atom is -0.241 e. The molecule has 30 heavy (non-hydrogen) atoms. The normalized spacial score (nSPS) is 11.4. The Morgan fingerprint density at radius 1 is 0.867 bits per heavy atom. The molecule has 0 fully saturated rings. The molecule has 0 radical (unpaired) electrons. The summed E-state index contributed by atoms with van der Waals surface area (Å²) < 4.78 is 2.23. The van der Waals surface area contributed by atoms with E-state index in [4.69, 9.17) is 0 Å². The Labute approximate surface area is 179 Å². The molecule has 0 N–H and O–H groups in total. The number of aromatic nitrogens is 3. The summed E-state index contributed by atoms with van der Waals surface area (Å²) in [5, 5.41) is 2.45. The van der Waals surface area contributed by atoms with Crippen molar-refractivity contribution in [3.8, 4) is 22.4 Å². The smallest absolute Gasteiger partial charge is 0.213 e. The van der Waals surface area contributed by atoms with Crippen molar-refractivity contribution in [2.45, 2.75) is 41.0 Å². The molecule has 0 spiro atoms. The maximum absolute atomic E-state index is 4.56. The Morgan fingerprint density at radius 3 is 2.30 bits per heavy atom. The summed E-state index contributed by atoms with van der Waals surface area (Å²) in [6.45, 7) is 10.9. The lowest BCUT2D eigenvalue weighted by Gasteiger charge is -2.11. The molecule has 0 unspecified atom stereocenters. The van der Waals surface area contributed by atoms with E-state index in [2.05, 4.69) is 98.8 Å². The van der Waals surface area contributed by atoms with Gasteiger partial charge >= 0.3 is 0 Å². The summed E-state index contributed by atoms with van der Waals surface area (Å²) in [6, 6.07) is 13.4. The van der Waals surface area contributed by atoms with Gasteiger partial charge in [0.25, 0.3) is 0 Å². The van der Waals surface area contributed by atoms with Gasteiger partial charge in [-0.15, -0.1) is 0 Å². The molecule has 152 valence electrons. The van der Waals surface area contributed by atoms with Crippen LogP contribution in [-0.4, -0.2) is 9.97 Å². The van der Waals surface area contributed by atoms with Crippen LogP contribution in [0.5, 0.6) is 0 Å². The van der Waals surface area contributed by atoms with E-state index in [1.165, 1.54) is 38.7 Å². The molecule has 0 atom stereocenters. The fraction of sp³-hybridized carbons (Fsp3) is 0.296. The third-order valence-electron chi connectivity index (χ3n) is 5.81. The molecule has 3 nitrogen and oxygen atoms in total. The van der Waals surface area contributed by atoms with Gasteiger partial charge in [-0.1, -0.05) is 37.6 Å². The average molecular weight is 397 g/mol. The van der Waals surface area contributed by atoms with Crippen LogP contribution in [0, 0.1) is 26.7 Å². The second-order valence-electron chi connectivity index (χ2n) is 8.85. The Balaban J connectivity index is 1.74. The monoisotopic (exact) mass is 396 g/mol. The highest BCUT2D eigenvalue weighted by Gasteiger charge is 2.16. The van der Waals surface area contributed by atoms with Crippen molar-refractivity contribution in [2.24, 2.45) is 13.0 Å².